The largest absolute Gasteiger partial charge is 0.122 e. The zero-order chi connectivity index (χ0) is 6.69. The quantitative estimate of drug-likeness (QED) is 0.521. The molecule has 0 aliphatic heterocycles. The Morgan fingerprint density at radius 2 is 2.44 bits per heavy atom. The molecule has 0 spiro atoms. The molecule has 0 saturated heterocycles. The number of halogens is 2. The summed E-state index contributed by atoms with van der Waals surface area (Å²) in [6, 6.07) is 0. The molecule has 0 bridgehead atoms. The smallest absolute Gasteiger partial charge is 0.0594 e. The molecule has 1 atom stereocenters. The number of rotatable bonds is 1. The van der Waals surface area contributed by atoms with E-state index in [1.165, 1.54) is 0 Å². The molecule has 50 valence electrons. The van der Waals surface area contributed by atoms with Crippen molar-refractivity contribution in [3.8, 4) is 0 Å². The lowest BCUT2D eigenvalue weighted by Crippen LogP contribution is -2.05. The SMILES string of the molecule is ClCC1=CC=CCC1Cl. The maximum absolute atomic E-state index is 5.88. The van der Waals surface area contributed by atoms with Gasteiger partial charge in [0, 0.05) is 5.88 Å². The van der Waals surface area contributed by atoms with E-state index >= 15 is 0 Å². The predicted octanol–water partition coefficient (Wildman–Crippen LogP) is 2.72. The Labute approximate surface area is 65.2 Å². The van der Waals surface area contributed by atoms with Crippen molar-refractivity contribution < 1.29 is 0 Å². The van der Waals surface area contributed by atoms with E-state index in [-0.39, 0.29) is 5.38 Å². The lowest BCUT2D eigenvalue weighted by atomic mass is 10.1. The Balaban J connectivity index is 2.63. The van der Waals surface area contributed by atoms with Crippen molar-refractivity contribution in [1.82, 2.24) is 0 Å². The Hall–Kier alpha value is 0.0600. The van der Waals surface area contributed by atoms with Crippen LogP contribution in [0.25, 0.3) is 0 Å². The summed E-state index contributed by atoms with van der Waals surface area (Å²) >= 11 is 11.5. The standard InChI is InChI=1S/C7H8Cl2/c8-5-6-3-1-2-4-7(6)9/h1-3,7H,4-5H2. The number of hydrogen-bond acceptors (Lipinski definition) is 0. The molecular formula is C7H8Cl2. The van der Waals surface area contributed by atoms with Crippen LogP contribution in [-0.2, 0) is 0 Å². The van der Waals surface area contributed by atoms with Crippen molar-refractivity contribution in [2.45, 2.75) is 11.8 Å². The predicted molar refractivity (Wildman–Crippen MR) is 42.2 cm³/mol. The molecule has 2 heteroatoms. The second-order valence-corrected chi connectivity index (χ2v) is 2.80. The van der Waals surface area contributed by atoms with Gasteiger partial charge in [0.1, 0.15) is 0 Å². The third kappa shape index (κ3) is 1.74. The van der Waals surface area contributed by atoms with Crippen LogP contribution in [0.1, 0.15) is 6.42 Å². The van der Waals surface area contributed by atoms with Crippen LogP contribution in [0.4, 0.5) is 0 Å². The van der Waals surface area contributed by atoms with Crippen LogP contribution in [0.5, 0.6) is 0 Å². The molecule has 0 fully saturated rings. The molecule has 1 rings (SSSR count). The number of alkyl halides is 2. The van der Waals surface area contributed by atoms with Crippen molar-refractivity contribution in [3.05, 3.63) is 23.8 Å². The molecule has 0 aromatic carbocycles. The fourth-order valence-electron chi connectivity index (χ4n) is 0.774. The average Bonchev–Trinajstić information content (AvgIpc) is 1.89. The van der Waals surface area contributed by atoms with Crippen molar-refractivity contribution in [3.63, 3.8) is 0 Å². The van der Waals surface area contributed by atoms with Crippen LogP contribution in [0, 0.1) is 0 Å². The normalized spacial score (nSPS) is 26.0. The summed E-state index contributed by atoms with van der Waals surface area (Å²) in [5.74, 6) is 0.554. The first kappa shape index (κ1) is 7.17. The zero-order valence-corrected chi connectivity index (χ0v) is 6.49. The van der Waals surface area contributed by atoms with Gasteiger partial charge in [-0.15, -0.1) is 23.2 Å². The van der Waals surface area contributed by atoms with Crippen LogP contribution >= 0.6 is 23.2 Å². The van der Waals surface area contributed by atoms with Crippen LogP contribution < -0.4 is 0 Å². The molecule has 0 aromatic rings. The van der Waals surface area contributed by atoms with Gasteiger partial charge in [0.15, 0.2) is 0 Å². The third-order valence-corrected chi connectivity index (χ3v) is 2.11. The lowest BCUT2D eigenvalue weighted by molar-refractivity contribution is 0.973. The van der Waals surface area contributed by atoms with E-state index in [2.05, 4.69) is 0 Å². The molecule has 0 saturated carbocycles. The minimum atomic E-state index is 0.132. The van der Waals surface area contributed by atoms with Crippen LogP contribution in [0.3, 0.4) is 0 Å². The van der Waals surface area contributed by atoms with Crippen molar-refractivity contribution >= 4 is 23.2 Å². The fourth-order valence-corrected chi connectivity index (χ4v) is 1.38. The molecule has 0 nitrogen and oxygen atoms in total. The Morgan fingerprint density at radius 3 is 2.89 bits per heavy atom. The van der Waals surface area contributed by atoms with Gasteiger partial charge >= 0.3 is 0 Å². The summed E-state index contributed by atoms with van der Waals surface area (Å²) in [6.07, 6.45) is 6.94. The molecule has 1 unspecified atom stereocenters. The van der Waals surface area contributed by atoms with Gasteiger partial charge in [-0.05, 0) is 12.0 Å². The Morgan fingerprint density at radius 1 is 1.67 bits per heavy atom. The van der Waals surface area contributed by atoms with Gasteiger partial charge in [-0.1, -0.05) is 18.2 Å². The first-order chi connectivity index (χ1) is 4.34. The molecule has 0 aromatic heterocycles. The first-order valence-corrected chi connectivity index (χ1v) is 3.87. The first-order valence-electron chi connectivity index (χ1n) is 2.90. The van der Waals surface area contributed by atoms with Gasteiger partial charge in [-0.2, -0.15) is 0 Å². The van der Waals surface area contributed by atoms with E-state index in [4.69, 9.17) is 23.2 Å². The maximum Gasteiger partial charge on any atom is 0.0594 e. The van der Waals surface area contributed by atoms with Crippen LogP contribution in [0.15, 0.2) is 23.8 Å². The van der Waals surface area contributed by atoms with E-state index in [0.717, 1.165) is 12.0 Å². The van der Waals surface area contributed by atoms with E-state index in [1.807, 2.05) is 18.2 Å². The maximum atomic E-state index is 5.88. The summed E-state index contributed by atoms with van der Waals surface area (Å²) in [5, 5.41) is 0.132. The Bertz CT molecular complexity index is 147. The summed E-state index contributed by atoms with van der Waals surface area (Å²) in [6.45, 7) is 0. The van der Waals surface area contributed by atoms with E-state index in [1.54, 1.807) is 0 Å². The zero-order valence-electron chi connectivity index (χ0n) is 4.98. The number of allylic oxidation sites excluding steroid dienone is 4. The highest BCUT2D eigenvalue weighted by atomic mass is 35.5. The van der Waals surface area contributed by atoms with E-state index in [9.17, 15) is 0 Å². The highest BCUT2D eigenvalue weighted by molar-refractivity contribution is 6.25. The second-order valence-electron chi connectivity index (χ2n) is 2.01. The van der Waals surface area contributed by atoms with Crippen molar-refractivity contribution in [2.75, 3.05) is 5.88 Å². The van der Waals surface area contributed by atoms with Crippen LogP contribution in [-0.4, -0.2) is 11.3 Å². The minimum Gasteiger partial charge on any atom is -0.122 e. The fraction of sp³-hybridized carbons (Fsp3) is 0.429. The van der Waals surface area contributed by atoms with Gasteiger partial charge in [0.2, 0.25) is 0 Å². The van der Waals surface area contributed by atoms with Gasteiger partial charge in [0.25, 0.3) is 0 Å². The van der Waals surface area contributed by atoms with Crippen molar-refractivity contribution in [2.24, 2.45) is 0 Å². The molecule has 0 radical (unpaired) electrons. The third-order valence-electron chi connectivity index (χ3n) is 1.35. The monoisotopic (exact) mass is 162 g/mol. The van der Waals surface area contributed by atoms with E-state index in [0.29, 0.717) is 5.88 Å². The summed E-state index contributed by atoms with van der Waals surface area (Å²) in [5.41, 5.74) is 1.13. The highest BCUT2D eigenvalue weighted by Crippen LogP contribution is 2.19. The highest BCUT2D eigenvalue weighted by Gasteiger charge is 2.09. The molecule has 1 aliphatic rings. The topological polar surface area (TPSA) is 0 Å². The van der Waals surface area contributed by atoms with Gasteiger partial charge in [-0.25, -0.2) is 0 Å². The summed E-state index contributed by atoms with van der Waals surface area (Å²) < 4.78 is 0. The minimum absolute atomic E-state index is 0.132. The average molecular weight is 163 g/mol. The lowest BCUT2D eigenvalue weighted by Gasteiger charge is -2.11. The summed E-state index contributed by atoms with van der Waals surface area (Å²) in [4.78, 5) is 0. The molecule has 0 amide bonds. The Kier molecular flexibility index (Phi) is 2.62. The molecule has 9 heavy (non-hydrogen) atoms. The van der Waals surface area contributed by atoms with E-state index < -0.39 is 0 Å². The van der Waals surface area contributed by atoms with Gasteiger partial charge < -0.3 is 0 Å². The van der Waals surface area contributed by atoms with Gasteiger partial charge in [0.05, 0.1) is 5.38 Å². The molecular weight excluding hydrogens is 155 g/mol. The number of hydrogen-bond donors (Lipinski definition) is 0. The summed E-state index contributed by atoms with van der Waals surface area (Å²) in [7, 11) is 0. The van der Waals surface area contributed by atoms with Gasteiger partial charge in [-0.3, -0.25) is 0 Å². The molecule has 1 aliphatic carbocycles. The molecule has 0 N–H and O–H groups in total. The molecule has 0 heterocycles. The van der Waals surface area contributed by atoms with Crippen molar-refractivity contribution in [1.29, 1.82) is 0 Å². The second kappa shape index (κ2) is 3.28. The van der Waals surface area contributed by atoms with Crippen LogP contribution in [0.2, 0.25) is 0 Å².